The Balaban J connectivity index is 1.81. The lowest BCUT2D eigenvalue weighted by atomic mass is 10.0. The number of nitrogens with one attached hydrogen (secondary N) is 1. The molecule has 1 heterocycles. The van der Waals surface area contributed by atoms with Crippen molar-refractivity contribution in [2.45, 2.75) is 44.0 Å². The zero-order valence-corrected chi connectivity index (χ0v) is 16.5. The minimum atomic E-state index is -5.71. The summed E-state index contributed by atoms with van der Waals surface area (Å²) < 4.78 is 63.0. The fraction of sp³-hybridized carbons (Fsp3) is 0.611. The fourth-order valence-corrected chi connectivity index (χ4v) is 3.45. The van der Waals surface area contributed by atoms with Gasteiger partial charge in [-0.05, 0) is 63.5 Å². The number of amides is 1. The van der Waals surface area contributed by atoms with E-state index in [9.17, 15) is 26.4 Å². The molecule has 1 unspecified atom stereocenters. The van der Waals surface area contributed by atoms with Crippen LogP contribution in [0, 0.1) is 0 Å². The van der Waals surface area contributed by atoms with E-state index in [0.717, 1.165) is 38.2 Å². The molecule has 2 rings (SSSR count). The number of nitrogens with zero attached hydrogens (tertiary/aromatic N) is 1. The monoisotopic (exact) mass is 422 g/mol. The number of hydrogen-bond donors (Lipinski definition) is 1. The van der Waals surface area contributed by atoms with E-state index in [0.29, 0.717) is 12.1 Å². The summed E-state index contributed by atoms with van der Waals surface area (Å²) in [5.74, 6) is -1.19. The molecule has 0 aliphatic carbocycles. The number of likely N-dealkylation sites (tertiary alicyclic amines) is 1. The fourth-order valence-electron chi connectivity index (χ4n) is 2.99. The molecule has 0 radical (unpaired) electrons. The number of rotatable bonds is 8. The number of piperidine rings is 1. The lowest BCUT2D eigenvalue weighted by Gasteiger charge is -2.26. The molecule has 0 aromatic heterocycles. The lowest BCUT2D eigenvalue weighted by Crippen LogP contribution is -2.34. The van der Waals surface area contributed by atoms with Crippen molar-refractivity contribution in [2.75, 3.05) is 26.2 Å². The van der Waals surface area contributed by atoms with E-state index in [2.05, 4.69) is 14.4 Å². The normalized spacial score (nSPS) is 17.1. The Morgan fingerprint density at radius 3 is 2.36 bits per heavy atom. The third-order valence-corrected chi connectivity index (χ3v) is 5.64. The molecular formula is C18H25F3N2O4S. The van der Waals surface area contributed by atoms with E-state index in [1.54, 1.807) is 6.92 Å². The van der Waals surface area contributed by atoms with Crippen LogP contribution >= 0.6 is 0 Å². The molecule has 1 aromatic rings. The van der Waals surface area contributed by atoms with Gasteiger partial charge in [-0.3, -0.25) is 4.79 Å². The quantitative estimate of drug-likeness (QED) is 0.396. The summed E-state index contributed by atoms with van der Waals surface area (Å²) in [5, 5.41) is 2.85. The summed E-state index contributed by atoms with van der Waals surface area (Å²) in [6.45, 7) is 5.35. The number of halogens is 3. The highest BCUT2D eigenvalue weighted by atomic mass is 32.2. The molecule has 158 valence electrons. The molecule has 0 bridgehead atoms. The molecule has 1 aliphatic rings. The van der Waals surface area contributed by atoms with Crippen LogP contribution in [0.5, 0.6) is 5.75 Å². The van der Waals surface area contributed by atoms with Crippen molar-refractivity contribution < 1.29 is 30.6 Å². The van der Waals surface area contributed by atoms with E-state index in [4.69, 9.17) is 0 Å². The zero-order chi connectivity index (χ0) is 20.8. The first-order valence-electron chi connectivity index (χ1n) is 9.21. The number of alkyl halides is 3. The van der Waals surface area contributed by atoms with Crippen LogP contribution in [0.3, 0.4) is 0 Å². The van der Waals surface area contributed by atoms with Crippen LogP contribution in [0.15, 0.2) is 24.3 Å². The topological polar surface area (TPSA) is 75.7 Å². The molecular weight excluding hydrogens is 397 g/mol. The minimum absolute atomic E-state index is 0.199. The van der Waals surface area contributed by atoms with Crippen LogP contribution in [-0.2, 0) is 14.9 Å². The van der Waals surface area contributed by atoms with Gasteiger partial charge in [0.1, 0.15) is 5.75 Å². The molecule has 1 aromatic carbocycles. The lowest BCUT2D eigenvalue weighted by molar-refractivity contribution is -0.122. The van der Waals surface area contributed by atoms with Crippen molar-refractivity contribution in [3.63, 3.8) is 0 Å². The molecule has 1 amide bonds. The Kier molecular flexibility index (Phi) is 7.70. The summed E-state index contributed by atoms with van der Waals surface area (Å²) in [6, 6.07) is 4.94. The molecule has 1 saturated heterocycles. The maximum atomic E-state index is 12.3. The third kappa shape index (κ3) is 6.37. The van der Waals surface area contributed by atoms with Crippen LogP contribution in [0.25, 0.3) is 0 Å². The van der Waals surface area contributed by atoms with Crippen molar-refractivity contribution in [1.82, 2.24) is 10.2 Å². The van der Waals surface area contributed by atoms with Crippen molar-refractivity contribution in [2.24, 2.45) is 0 Å². The summed E-state index contributed by atoms with van der Waals surface area (Å²) in [4.78, 5) is 14.6. The van der Waals surface area contributed by atoms with E-state index in [-0.39, 0.29) is 5.91 Å². The molecule has 1 aliphatic heterocycles. The Morgan fingerprint density at radius 1 is 1.18 bits per heavy atom. The van der Waals surface area contributed by atoms with Crippen molar-refractivity contribution >= 4 is 16.0 Å². The van der Waals surface area contributed by atoms with Gasteiger partial charge >= 0.3 is 15.6 Å². The number of carbonyl (C=O) groups is 1. The van der Waals surface area contributed by atoms with Gasteiger partial charge in [-0.1, -0.05) is 18.6 Å². The van der Waals surface area contributed by atoms with Gasteiger partial charge in [0.2, 0.25) is 5.91 Å². The Hall–Kier alpha value is -1.81. The van der Waals surface area contributed by atoms with Crippen LogP contribution in [-0.4, -0.2) is 50.9 Å². The second-order valence-electron chi connectivity index (χ2n) is 6.82. The minimum Gasteiger partial charge on any atom is -0.376 e. The van der Waals surface area contributed by atoms with Crippen molar-refractivity contribution in [3.05, 3.63) is 29.8 Å². The highest BCUT2D eigenvalue weighted by Gasteiger charge is 2.48. The summed E-state index contributed by atoms with van der Waals surface area (Å²) in [5.41, 5.74) is -4.95. The van der Waals surface area contributed by atoms with Crippen molar-refractivity contribution in [3.8, 4) is 5.75 Å². The second-order valence-corrected chi connectivity index (χ2v) is 8.36. The first kappa shape index (κ1) is 22.5. The standard InChI is InChI=1S/C18H25F3N2O4S/c1-14(17(24)22-10-5-13-23-11-3-2-4-12-23)15-6-8-16(9-7-15)27-28(25,26)18(19,20)21/h6-9,14H,2-5,10-13H2,1H3,(H,22,24). The largest absolute Gasteiger partial charge is 0.534 e. The number of hydrogen-bond acceptors (Lipinski definition) is 5. The summed E-state index contributed by atoms with van der Waals surface area (Å²) in [7, 11) is -5.71. The van der Waals surface area contributed by atoms with Crippen LogP contribution < -0.4 is 9.50 Å². The summed E-state index contributed by atoms with van der Waals surface area (Å²) in [6.07, 6.45) is 4.55. The van der Waals surface area contributed by atoms with Crippen LogP contribution in [0.1, 0.15) is 44.1 Å². The first-order chi connectivity index (χ1) is 13.1. The molecule has 1 N–H and O–H groups in total. The summed E-state index contributed by atoms with van der Waals surface area (Å²) >= 11 is 0. The molecule has 10 heteroatoms. The second kappa shape index (κ2) is 9.60. The highest BCUT2D eigenvalue weighted by Crippen LogP contribution is 2.28. The van der Waals surface area contributed by atoms with E-state index in [1.165, 1.54) is 31.4 Å². The van der Waals surface area contributed by atoms with Gasteiger partial charge in [-0.15, -0.1) is 0 Å². The Morgan fingerprint density at radius 2 is 1.79 bits per heavy atom. The van der Waals surface area contributed by atoms with Crippen LogP contribution in [0.4, 0.5) is 13.2 Å². The molecule has 1 atom stereocenters. The van der Waals surface area contributed by atoms with Gasteiger partial charge in [0.05, 0.1) is 5.92 Å². The van der Waals surface area contributed by atoms with Crippen molar-refractivity contribution in [1.29, 1.82) is 0 Å². The predicted molar refractivity (Wildman–Crippen MR) is 98.4 cm³/mol. The number of carbonyl (C=O) groups excluding carboxylic acids is 1. The van der Waals surface area contributed by atoms with Crippen LogP contribution in [0.2, 0.25) is 0 Å². The van der Waals surface area contributed by atoms with Gasteiger partial charge < -0.3 is 14.4 Å². The molecule has 1 fully saturated rings. The average molecular weight is 422 g/mol. The Bertz CT molecular complexity index is 745. The molecule has 28 heavy (non-hydrogen) atoms. The Labute approximate surface area is 163 Å². The van der Waals surface area contributed by atoms with Gasteiger partial charge in [-0.2, -0.15) is 21.6 Å². The molecule has 0 spiro atoms. The number of benzene rings is 1. The van der Waals surface area contributed by atoms with Gasteiger partial charge in [0.25, 0.3) is 0 Å². The van der Waals surface area contributed by atoms with Gasteiger partial charge in [0, 0.05) is 6.54 Å². The predicted octanol–water partition coefficient (Wildman–Crippen LogP) is 3.01. The smallest absolute Gasteiger partial charge is 0.376 e. The van der Waals surface area contributed by atoms with Gasteiger partial charge in [-0.25, -0.2) is 0 Å². The zero-order valence-electron chi connectivity index (χ0n) is 15.7. The van der Waals surface area contributed by atoms with E-state index >= 15 is 0 Å². The highest BCUT2D eigenvalue weighted by molar-refractivity contribution is 7.88. The molecule has 0 saturated carbocycles. The van der Waals surface area contributed by atoms with E-state index in [1.807, 2.05) is 0 Å². The maximum Gasteiger partial charge on any atom is 0.534 e. The van der Waals surface area contributed by atoms with E-state index < -0.39 is 27.3 Å². The average Bonchev–Trinajstić information content (AvgIpc) is 2.65. The molecule has 6 nitrogen and oxygen atoms in total. The SMILES string of the molecule is CC(C(=O)NCCCN1CCCCC1)c1ccc(OS(=O)(=O)C(F)(F)F)cc1. The first-order valence-corrected chi connectivity index (χ1v) is 10.6. The third-order valence-electron chi connectivity index (χ3n) is 4.66. The van der Waals surface area contributed by atoms with Gasteiger partial charge in [0.15, 0.2) is 0 Å². The maximum absolute atomic E-state index is 12.3.